The number of benzene rings is 3. The number of piperidine rings is 1. The number of halogens is 2. The molecular formula is C30H30BCl2N5O3. The van der Waals surface area contributed by atoms with Crippen LogP contribution in [0.25, 0.3) is 0 Å². The van der Waals surface area contributed by atoms with E-state index in [0.717, 1.165) is 18.4 Å². The lowest BCUT2D eigenvalue weighted by molar-refractivity contribution is -0.119. The van der Waals surface area contributed by atoms with Gasteiger partial charge in [-0.3, -0.25) is 9.59 Å². The molecule has 4 amide bonds. The Hall–Kier alpha value is -3.69. The first-order chi connectivity index (χ1) is 19.6. The molecule has 3 aromatic rings. The Bertz CT molecular complexity index is 1520. The van der Waals surface area contributed by atoms with Gasteiger partial charge < -0.3 is 25.8 Å². The Labute approximate surface area is 250 Å². The van der Waals surface area contributed by atoms with Gasteiger partial charge in [0.2, 0.25) is 0 Å². The first-order valence-corrected chi connectivity index (χ1v) is 14.1. The summed E-state index contributed by atoms with van der Waals surface area (Å²) in [6, 6.07) is 17.2. The minimum absolute atomic E-state index is 0.0900. The maximum absolute atomic E-state index is 13.8. The summed E-state index contributed by atoms with van der Waals surface area (Å²) < 4.78 is 0. The zero-order chi connectivity index (χ0) is 29.3. The summed E-state index contributed by atoms with van der Waals surface area (Å²) in [4.78, 5) is 43.2. The molecular weight excluding hydrogens is 560 g/mol. The number of nitrogens with one attached hydrogen (secondary N) is 3. The Kier molecular flexibility index (Phi) is 8.20. The normalized spacial score (nSPS) is 19.8. The summed E-state index contributed by atoms with van der Waals surface area (Å²) in [6.07, 6.45) is 1.77. The minimum atomic E-state index is -1.28. The number of carbonyl (C=O) groups is 3. The molecule has 2 heterocycles. The van der Waals surface area contributed by atoms with Crippen LogP contribution in [0.4, 0.5) is 16.2 Å². The molecule has 210 valence electrons. The van der Waals surface area contributed by atoms with Gasteiger partial charge in [0.15, 0.2) is 0 Å². The molecule has 5 rings (SSSR count). The number of rotatable bonds is 6. The highest BCUT2D eigenvalue weighted by Crippen LogP contribution is 2.42. The second-order valence-corrected chi connectivity index (χ2v) is 11.6. The van der Waals surface area contributed by atoms with Crippen molar-refractivity contribution >= 4 is 65.7 Å². The van der Waals surface area contributed by atoms with E-state index in [1.807, 2.05) is 18.2 Å². The first kappa shape index (κ1) is 28.8. The van der Waals surface area contributed by atoms with E-state index in [1.165, 1.54) is 4.90 Å². The number of carbonyl (C=O) groups excluding carboxylic acids is 3. The van der Waals surface area contributed by atoms with Crippen molar-refractivity contribution in [1.82, 2.24) is 15.1 Å². The van der Waals surface area contributed by atoms with Crippen molar-refractivity contribution in [1.29, 1.82) is 0 Å². The predicted octanol–water partition coefficient (Wildman–Crippen LogP) is 4.17. The van der Waals surface area contributed by atoms with Gasteiger partial charge in [-0.1, -0.05) is 52.9 Å². The van der Waals surface area contributed by atoms with Crippen molar-refractivity contribution in [2.75, 3.05) is 37.8 Å². The number of hydrogen-bond donors (Lipinski definition) is 3. The third-order valence-corrected chi connectivity index (χ3v) is 7.95. The van der Waals surface area contributed by atoms with Gasteiger partial charge in [0, 0.05) is 66.6 Å². The Morgan fingerprint density at radius 3 is 2.63 bits per heavy atom. The monoisotopic (exact) mass is 589 g/mol. The molecule has 2 aliphatic heterocycles. The third kappa shape index (κ3) is 6.02. The van der Waals surface area contributed by atoms with Crippen molar-refractivity contribution in [3.05, 3.63) is 87.4 Å². The van der Waals surface area contributed by atoms with Gasteiger partial charge in [-0.05, 0) is 54.8 Å². The number of fused-ring (bicyclic) bond motifs is 1. The van der Waals surface area contributed by atoms with E-state index < -0.39 is 5.54 Å². The van der Waals surface area contributed by atoms with E-state index in [9.17, 15) is 14.4 Å². The fourth-order valence-corrected chi connectivity index (χ4v) is 5.93. The summed E-state index contributed by atoms with van der Waals surface area (Å²) >= 11 is 12.5. The summed E-state index contributed by atoms with van der Waals surface area (Å²) in [5, 5.41) is 10.5. The van der Waals surface area contributed by atoms with E-state index in [1.54, 1.807) is 61.5 Å². The summed E-state index contributed by atoms with van der Waals surface area (Å²) in [5.41, 5.74) is 1.97. The predicted molar refractivity (Wildman–Crippen MR) is 164 cm³/mol. The topological polar surface area (TPSA) is 93.8 Å². The zero-order valence-electron chi connectivity index (χ0n) is 22.8. The molecule has 2 atom stereocenters. The van der Waals surface area contributed by atoms with Crippen LogP contribution in [0.1, 0.15) is 34.3 Å². The van der Waals surface area contributed by atoms with Gasteiger partial charge >= 0.3 is 6.03 Å². The molecule has 41 heavy (non-hydrogen) atoms. The van der Waals surface area contributed by atoms with Crippen LogP contribution >= 0.6 is 23.2 Å². The lowest BCUT2D eigenvalue weighted by Crippen LogP contribution is -2.52. The standard InChI is InChI=1S/C30H30BCl2N5O3/c1-37(2)29(41)38-12-4-7-22(17-38)34-27(39)23-10-8-19(31)14-25(23)36-30(16-18-5-3-6-20(32)13-18)24-11-9-21(33)15-26(24)35-28(30)40/h3,5-6,8-11,13-15,22,36H,4,7,12,16-17H2,1-2H3,(H,34,39)(H,35,40). The second kappa shape index (κ2) is 11.7. The van der Waals surface area contributed by atoms with Crippen molar-refractivity contribution in [2.45, 2.75) is 30.8 Å². The molecule has 3 N–H and O–H groups in total. The molecule has 3 aromatic carbocycles. The zero-order valence-corrected chi connectivity index (χ0v) is 24.4. The molecule has 8 nitrogen and oxygen atoms in total. The molecule has 0 aromatic heterocycles. The van der Waals surface area contributed by atoms with Crippen molar-refractivity contribution < 1.29 is 14.4 Å². The Balaban J connectivity index is 1.49. The summed E-state index contributed by atoms with van der Waals surface area (Å²) in [6.45, 7) is 1.05. The van der Waals surface area contributed by atoms with E-state index in [2.05, 4.69) is 16.0 Å². The summed E-state index contributed by atoms with van der Waals surface area (Å²) in [5.74, 6) is -0.627. The fraction of sp³-hybridized carbons (Fsp3) is 0.300. The highest BCUT2D eigenvalue weighted by molar-refractivity contribution is 6.33. The maximum atomic E-state index is 13.8. The van der Waals surface area contributed by atoms with E-state index in [4.69, 9.17) is 31.0 Å². The van der Waals surface area contributed by atoms with Gasteiger partial charge in [-0.15, -0.1) is 0 Å². The van der Waals surface area contributed by atoms with Gasteiger partial charge in [0.05, 0.1) is 5.56 Å². The van der Waals surface area contributed by atoms with Gasteiger partial charge in [0.25, 0.3) is 11.8 Å². The van der Waals surface area contributed by atoms with Crippen LogP contribution in [-0.4, -0.2) is 68.7 Å². The SMILES string of the molecule is [B]c1ccc(C(=O)NC2CCCN(C(=O)N(C)C)C2)c(NC2(Cc3cccc(Cl)c3)C(=O)Nc3cc(Cl)ccc32)c1. The lowest BCUT2D eigenvalue weighted by atomic mass is 9.83. The molecule has 2 unspecified atom stereocenters. The van der Waals surface area contributed by atoms with E-state index in [0.29, 0.717) is 51.1 Å². The average Bonchev–Trinajstić information content (AvgIpc) is 3.17. The molecule has 0 bridgehead atoms. The average molecular weight is 590 g/mol. The summed E-state index contributed by atoms with van der Waals surface area (Å²) in [7, 11) is 9.59. The number of amides is 4. The molecule has 0 spiro atoms. The Morgan fingerprint density at radius 2 is 1.88 bits per heavy atom. The molecule has 0 saturated carbocycles. The fourth-order valence-electron chi connectivity index (χ4n) is 5.55. The minimum Gasteiger partial charge on any atom is -0.367 e. The highest BCUT2D eigenvalue weighted by Gasteiger charge is 2.47. The maximum Gasteiger partial charge on any atom is 0.319 e. The first-order valence-electron chi connectivity index (χ1n) is 13.4. The van der Waals surface area contributed by atoms with Crippen molar-refractivity contribution in [3.8, 4) is 0 Å². The molecule has 2 aliphatic rings. The molecule has 11 heteroatoms. The van der Waals surface area contributed by atoms with Crippen LogP contribution < -0.4 is 21.4 Å². The number of likely N-dealkylation sites (tertiary alicyclic amines) is 1. The van der Waals surface area contributed by atoms with Crippen LogP contribution in [0, 0.1) is 0 Å². The largest absolute Gasteiger partial charge is 0.367 e. The highest BCUT2D eigenvalue weighted by atomic mass is 35.5. The number of nitrogens with zero attached hydrogens (tertiary/aromatic N) is 2. The van der Waals surface area contributed by atoms with Crippen LogP contribution in [0.2, 0.25) is 10.0 Å². The van der Waals surface area contributed by atoms with E-state index >= 15 is 0 Å². The lowest BCUT2D eigenvalue weighted by Gasteiger charge is -2.35. The smallest absolute Gasteiger partial charge is 0.319 e. The second-order valence-electron chi connectivity index (χ2n) is 10.7. The molecule has 1 fully saturated rings. The van der Waals surface area contributed by atoms with E-state index in [-0.39, 0.29) is 30.3 Å². The third-order valence-electron chi connectivity index (χ3n) is 7.48. The van der Waals surface area contributed by atoms with Crippen LogP contribution in [0.15, 0.2) is 60.7 Å². The van der Waals surface area contributed by atoms with Gasteiger partial charge in [-0.25, -0.2) is 4.79 Å². The molecule has 2 radical (unpaired) electrons. The van der Waals surface area contributed by atoms with Gasteiger partial charge in [0.1, 0.15) is 13.4 Å². The van der Waals surface area contributed by atoms with Crippen LogP contribution in [-0.2, 0) is 16.8 Å². The Morgan fingerprint density at radius 1 is 1.10 bits per heavy atom. The van der Waals surface area contributed by atoms with Crippen molar-refractivity contribution in [3.63, 3.8) is 0 Å². The van der Waals surface area contributed by atoms with Crippen LogP contribution in [0.5, 0.6) is 0 Å². The molecule has 0 aliphatic carbocycles. The van der Waals surface area contributed by atoms with Crippen molar-refractivity contribution in [2.24, 2.45) is 0 Å². The molecule has 1 saturated heterocycles. The van der Waals surface area contributed by atoms with Crippen LogP contribution in [0.3, 0.4) is 0 Å². The number of urea groups is 1. The number of anilines is 2. The quantitative estimate of drug-likeness (QED) is 0.376. The van der Waals surface area contributed by atoms with Gasteiger partial charge in [-0.2, -0.15) is 0 Å². The number of hydrogen-bond acceptors (Lipinski definition) is 4.